The number of carbonyl (C=O) groups is 2. The molecule has 1 aromatic heterocycles. The van der Waals surface area contributed by atoms with Crippen LogP contribution in [0.25, 0.3) is 0 Å². The van der Waals surface area contributed by atoms with Crippen molar-refractivity contribution in [2.45, 2.75) is 53.8 Å². The van der Waals surface area contributed by atoms with Crippen LogP contribution in [0.3, 0.4) is 0 Å². The third-order valence-electron chi connectivity index (χ3n) is 8.42. The number of rotatable bonds is 10. The second-order valence-corrected chi connectivity index (χ2v) is 14.1. The van der Waals surface area contributed by atoms with Crippen molar-refractivity contribution in [3.8, 4) is 0 Å². The molecule has 16 heteroatoms. The van der Waals surface area contributed by atoms with Gasteiger partial charge in [0.2, 0.25) is 0 Å². The molecule has 0 bridgehead atoms. The normalized spacial score (nSPS) is 19.6. The molecule has 1 aliphatic heterocycles. The van der Waals surface area contributed by atoms with Crippen molar-refractivity contribution in [3.05, 3.63) is 29.6 Å². The lowest BCUT2D eigenvalue weighted by Gasteiger charge is -2.61. The number of hydrogen-bond donors (Lipinski definition) is 1. The highest BCUT2D eigenvalue weighted by molar-refractivity contribution is 6.70. The van der Waals surface area contributed by atoms with E-state index in [0.717, 1.165) is 18.4 Å². The monoisotopic (exact) mass is 496 g/mol. The van der Waals surface area contributed by atoms with Gasteiger partial charge in [-0.2, -0.15) is 0 Å². The van der Waals surface area contributed by atoms with Crippen LogP contribution < -0.4 is 5.32 Å². The number of fused-ring (bicyclic) bond motifs is 1. The molecule has 1 fully saturated rings. The van der Waals surface area contributed by atoms with Crippen LogP contribution in [0, 0.1) is 11.8 Å². The predicted molar refractivity (Wildman–Crippen MR) is 175 cm³/mol. The summed E-state index contributed by atoms with van der Waals surface area (Å²) >= 11 is 0. The standard InChI is InChI=1S/C21H41B9N4O3/c1-2-33(17(36)37-18(19(22,23)24,20(25,26)27)21(28,29)30)6-4-12-7-14(12)9-32-16(35)34-10-13-3-5-31-8-15(13)11-34/h3,5,8,12,14H,2,4,6-7,9-11,22-30H2,1H3,(H,32,35). The van der Waals surface area contributed by atoms with E-state index in [1.807, 2.05) is 29.0 Å². The predicted octanol–water partition coefficient (Wildman–Crippen LogP) is -5.75. The molecule has 0 radical (unpaired) electrons. The number of ether oxygens (including phenoxy) is 1. The first-order valence-corrected chi connectivity index (χ1v) is 13.9. The minimum Gasteiger partial charge on any atom is -0.448 e. The summed E-state index contributed by atoms with van der Waals surface area (Å²) in [7, 11) is 19.6. The number of carbonyl (C=O) groups excluding carboxylic acids is 2. The molecular formula is C21H41B9N4O3. The second-order valence-electron chi connectivity index (χ2n) is 14.1. The maximum absolute atomic E-state index is 13.5. The van der Waals surface area contributed by atoms with Crippen molar-refractivity contribution in [3.63, 3.8) is 0 Å². The minimum absolute atomic E-state index is 0.0107. The summed E-state index contributed by atoms with van der Waals surface area (Å²) in [6, 6.07) is 1.97. The molecule has 0 saturated heterocycles. The molecule has 2 atom stereocenters. The average molecular weight is 495 g/mol. The van der Waals surface area contributed by atoms with E-state index in [9.17, 15) is 9.59 Å². The van der Waals surface area contributed by atoms with Crippen molar-refractivity contribution in [1.82, 2.24) is 20.1 Å². The fourth-order valence-electron chi connectivity index (χ4n) is 7.34. The molecular weight excluding hydrogens is 454 g/mol. The van der Waals surface area contributed by atoms with Gasteiger partial charge in [-0.15, -0.1) is 0 Å². The van der Waals surface area contributed by atoms with Crippen LogP contribution in [0.15, 0.2) is 18.5 Å². The number of nitrogens with one attached hydrogen (secondary N) is 1. The van der Waals surface area contributed by atoms with Crippen LogP contribution in [0.4, 0.5) is 9.59 Å². The molecule has 1 saturated carbocycles. The summed E-state index contributed by atoms with van der Waals surface area (Å²) in [5.74, 6) is 1.00. The quantitative estimate of drug-likeness (QED) is 0.329. The van der Waals surface area contributed by atoms with Crippen LogP contribution in [-0.2, 0) is 17.8 Å². The highest BCUT2D eigenvalue weighted by atomic mass is 16.6. The van der Waals surface area contributed by atoms with Gasteiger partial charge >= 0.3 is 12.1 Å². The highest BCUT2D eigenvalue weighted by Gasteiger charge is 2.59. The van der Waals surface area contributed by atoms with Gasteiger partial charge < -0.3 is 19.9 Å². The Kier molecular flexibility index (Phi) is 8.71. The summed E-state index contributed by atoms with van der Waals surface area (Å²) in [5, 5.41) is 2.38. The van der Waals surface area contributed by atoms with E-state index in [1.165, 1.54) is 5.56 Å². The fourth-order valence-corrected chi connectivity index (χ4v) is 7.34. The Morgan fingerprint density at radius 3 is 2.16 bits per heavy atom. The third-order valence-corrected chi connectivity index (χ3v) is 8.42. The zero-order chi connectivity index (χ0) is 27.8. The van der Waals surface area contributed by atoms with Gasteiger partial charge in [0, 0.05) is 45.1 Å². The first-order chi connectivity index (χ1) is 17.0. The van der Waals surface area contributed by atoms with E-state index in [0.29, 0.717) is 44.6 Å². The molecule has 1 aromatic rings. The van der Waals surface area contributed by atoms with E-state index in [4.69, 9.17) is 4.74 Å². The van der Waals surface area contributed by atoms with Gasteiger partial charge in [-0.3, -0.25) is 4.98 Å². The Balaban J connectivity index is 1.51. The summed E-state index contributed by atoms with van der Waals surface area (Å²) in [5.41, 5.74) is 1.64. The molecule has 37 heavy (non-hydrogen) atoms. The maximum Gasteiger partial charge on any atom is 0.410 e. The van der Waals surface area contributed by atoms with Crippen LogP contribution in [0.1, 0.15) is 30.9 Å². The summed E-state index contributed by atoms with van der Waals surface area (Å²) < 4.78 is 6.55. The lowest BCUT2D eigenvalue weighted by Crippen LogP contribution is -2.66. The van der Waals surface area contributed by atoms with Gasteiger partial charge in [-0.25, -0.2) is 9.59 Å². The Bertz CT molecular complexity index is 936. The number of pyridine rings is 1. The summed E-state index contributed by atoms with van der Waals surface area (Å²) in [6.07, 6.45) is 5.42. The van der Waals surface area contributed by atoms with Crippen molar-refractivity contribution in [2.75, 3.05) is 19.6 Å². The van der Waals surface area contributed by atoms with Gasteiger partial charge in [-0.05, 0) is 48.8 Å². The number of nitrogens with zero attached hydrogens (tertiary/aromatic N) is 3. The smallest absolute Gasteiger partial charge is 0.410 e. The molecule has 190 valence electrons. The van der Waals surface area contributed by atoms with Crippen LogP contribution >= 0.6 is 0 Å². The van der Waals surface area contributed by atoms with Crippen LogP contribution in [0.2, 0.25) is 15.3 Å². The van der Waals surface area contributed by atoms with E-state index < -0.39 is 5.60 Å². The van der Waals surface area contributed by atoms with Gasteiger partial charge in [0.15, 0.2) is 0 Å². The average Bonchev–Trinajstić information content (AvgIpc) is 3.37. The molecule has 2 aliphatic rings. The molecule has 0 spiro atoms. The Morgan fingerprint density at radius 2 is 1.62 bits per heavy atom. The first-order valence-electron chi connectivity index (χ1n) is 13.9. The molecule has 2 heterocycles. The van der Waals surface area contributed by atoms with Crippen molar-refractivity contribution >= 4 is 82.7 Å². The minimum atomic E-state index is -0.658. The third kappa shape index (κ3) is 6.30. The van der Waals surface area contributed by atoms with E-state index in [1.54, 1.807) is 6.20 Å². The summed E-state index contributed by atoms with van der Waals surface area (Å²) in [6.45, 7) is 5.26. The molecule has 7 nitrogen and oxygen atoms in total. The molecule has 3 amide bonds. The molecule has 1 aliphatic carbocycles. The summed E-state index contributed by atoms with van der Waals surface area (Å²) in [4.78, 5) is 34.0. The number of hydrogen-bond acceptors (Lipinski definition) is 4. The van der Waals surface area contributed by atoms with Gasteiger partial charge in [0.1, 0.15) is 0 Å². The first kappa shape index (κ1) is 29.8. The molecule has 0 aromatic carbocycles. The molecule has 2 unspecified atom stereocenters. The molecule has 3 rings (SSSR count). The van der Waals surface area contributed by atoms with Gasteiger partial charge in [-0.1, -0.05) is 15.3 Å². The highest BCUT2D eigenvalue weighted by Crippen LogP contribution is 2.56. The largest absolute Gasteiger partial charge is 0.448 e. The Labute approximate surface area is 231 Å². The zero-order valence-electron chi connectivity index (χ0n) is 24.9. The van der Waals surface area contributed by atoms with E-state index >= 15 is 0 Å². The number of urea groups is 1. The van der Waals surface area contributed by atoms with Crippen molar-refractivity contribution in [2.24, 2.45) is 11.8 Å². The topological polar surface area (TPSA) is 74.8 Å². The maximum atomic E-state index is 13.5. The van der Waals surface area contributed by atoms with E-state index in [-0.39, 0.29) is 27.5 Å². The van der Waals surface area contributed by atoms with Crippen molar-refractivity contribution < 1.29 is 14.3 Å². The van der Waals surface area contributed by atoms with Gasteiger partial charge in [0.25, 0.3) is 0 Å². The molecule has 1 N–H and O–H groups in total. The van der Waals surface area contributed by atoms with Crippen LogP contribution in [-0.4, -0.2) is 123 Å². The number of amides is 3. The zero-order valence-corrected chi connectivity index (χ0v) is 24.9. The fraction of sp³-hybridized carbons (Fsp3) is 0.667. The lowest BCUT2D eigenvalue weighted by molar-refractivity contribution is -0.00893. The SMILES string of the molecule is BC(B)(B)C(OC(=O)N(CC)CCC1CC1CNC(=O)N1Cc2ccncc2C1)(C(B)(B)B)C(B)(B)B. The second kappa shape index (κ2) is 10.8. The Hall–Kier alpha value is -1.73. The van der Waals surface area contributed by atoms with Gasteiger partial charge in [0.05, 0.1) is 76.2 Å². The van der Waals surface area contributed by atoms with E-state index in [2.05, 4.69) is 80.9 Å². The lowest BCUT2D eigenvalue weighted by atomic mass is 9.13. The van der Waals surface area contributed by atoms with Crippen LogP contribution in [0.5, 0.6) is 0 Å². The Morgan fingerprint density at radius 1 is 1.03 bits per heavy atom. The van der Waals surface area contributed by atoms with Crippen molar-refractivity contribution in [1.29, 1.82) is 0 Å². The number of aromatic nitrogens is 1.